The molecule has 1 fully saturated rings. The molecule has 1 aliphatic carbocycles. The van der Waals surface area contributed by atoms with E-state index in [0.717, 1.165) is 25.7 Å². The lowest BCUT2D eigenvalue weighted by Gasteiger charge is -2.19. The highest BCUT2D eigenvalue weighted by molar-refractivity contribution is 6.39. The summed E-state index contributed by atoms with van der Waals surface area (Å²) in [6.45, 7) is 4.80. The first-order chi connectivity index (χ1) is 14.6. The van der Waals surface area contributed by atoms with Crippen LogP contribution in [0.1, 0.15) is 84.5 Å². The second-order valence-corrected chi connectivity index (χ2v) is 7.91. The topological polar surface area (TPSA) is 76.7 Å². The number of amides is 2. The maximum Gasteiger partial charge on any atom is 0.313 e. The molecule has 1 aromatic rings. The molecule has 0 spiro atoms. The van der Waals surface area contributed by atoms with Crippen molar-refractivity contribution in [3.05, 3.63) is 18.2 Å². The van der Waals surface area contributed by atoms with Crippen molar-refractivity contribution in [2.24, 2.45) is 0 Å². The molecule has 2 N–H and O–H groups in total. The monoisotopic (exact) mass is 418 g/mol. The zero-order chi connectivity index (χ0) is 21.6. The first kappa shape index (κ1) is 24.0. The molecule has 30 heavy (non-hydrogen) atoms. The number of hydrogen-bond acceptors (Lipinski definition) is 4. The molecule has 0 atom stereocenters. The molecule has 1 saturated carbocycles. The highest BCUT2D eigenvalue weighted by Gasteiger charge is 2.19. The molecule has 6 nitrogen and oxygen atoms in total. The minimum absolute atomic E-state index is 0.0713. The van der Waals surface area contributed by atoms with E-state index in [1.165, 1.54) is 44.9 Å². The summed E-state index contributed by atoms with van der Waals surface area (Å²) in [6.07, 6.45) is 13.0. The highest BCUT2D eigenvalue weighted by atomic mass is 16.5. The largest absolute Gasteiger partial charge is 0.490 e. The summed E-state index contributed by atoms with van der Waals surface area (Å²) in [5, 5.41) is 5.64. The van der Waals surface area contributed by atoms with E-state index in [1.807, 2.05) is 13.8 Å². The van der Waals surface area contributed by atoms with Gasteiger partial charge in [-0.15, -0.1) is 0 Å². The molecule has 168 valence electrons. The van der Waals surface area contributed by atoms with Crippen molar-refractivity contribution in [2.75, 3.05) is 18.5 Å². The number of carbonyl (C=O) groups excluding carboxylic acids is 2. The van der Waals surface area contributed by atoms with Gasteiger partial charge in [0.2, 0.25) is 0 Å². The summed E-state index contributed by atoms with van der Waals surface area (Å²) in [6, 6.07) is 5.22. The lowest BCUT2D eigenvalue weighted by atomic mass is 9.98. The van der Waals surface area contributed by atoms with Crippen LogP contribution < -0.4 is 20.1 Å². The van der Waals surface area contributed by atoms with E-state index in [-0.39, 0.29) is 6.04 Å². The van der Waals surface area contributed by atoms with Gasteiger partial charge in [0, 0.05) is 17.8 Å². The van der Waals surface area contributed by atoms with Crippen molar-refractivity contribution < 1.29 is 19.1 Å². The zero-order valence-electron chi connectivity index (χ0n) is 18.6. The summed E-state index contributed by atoms with van der Waals surface area (Å²) in [4.78, 5) is 24.9. The number of benzene rings is 1. The third-order valence-corrected chi connectivity index (χ3v) is 5.45. The van der Waals surface area contributed by atoms with Crippen LogP contribution in [0.2, 0.25) is 0 Å². The second kappa shape index (κ2) is 13.9. The lowest BCUT2D eigenvalue weighted by Crippen LogP contribution is -2.41. The zero-order valence-corrected chi connectivity index (χ0v) is 18.6. The van der Waals surface area contributed by atoms with Crippen LogP contribution in [0.15, 0.2) is 18.2 Å². The van der Waals surface area contributed by atoms with Crippen molar-refractivity contribution in [1.82, 2.24) is 5.32 Å². The molecular formula is C24H38N2O4. The Morgan fingerprint density at radius 1 is 0.800 bits per heavy atom. The molecule has 0 aromatic heterocycles. The predicted octanol–water partition coefficient (Wildman–Crippen LogP) is 5.21. The van der Waals surface area contributed by atoms with Crippen LogP contribution in [-0.2, 0) is 9.59 Å². The smallest absolute Gasteiger partial charge is 0.313 e. The Hall–Kier alpha value is -2.24. The number of nitrogens with one attached hydrogen (secondary N) is 2. The Balaban J connectivity index is 1.91. The van der Waals surface area contributed by atoms with E-state index < -0.39 is 11.8 Å². The van der Waals surface area contributed by atoms with Crippen LogP contribution >= 0.6 is 0 Å². The minimum atomic E-state index is -0.646. The fourth-order valence-electron chi connectivity index (χ4n) is 3.88. The Labute approximate surface area is 181 Å². The van der Waals surface area contributed by atoms with E-state index in [1.54, 1.807) is 18.2 Å². The van der Waals surface area contributed by atoms with Gasteiger partial charge in [0.05, 0.1) is 13.2 Å². The predicted molar refractivity (Wildman–Crippen MR) is 120 cm³/mol. The highest BCUT2D eigenvalue weighted by Crippen LogP contribution is 2.30. The van der Waals surface area contributed by atoms with Crippen LogP contribution in [0.5, 0.6) is 11.5 Å². The Morgan fingerprint density at radius 3 is 1.90 bits per heavy atom. The standard InChI is InChI=1S/C24H38N2O4/c1-3-29-21-17-16-20(18-22(21)30-4-2)26-24(28)23(27)25-19-14-12-10-8-6-5-7-9-11-13-15-19/h16-19H,3-15H2,1-2H3,(H,25,27)(H,26,28). The SMILES string of the molecule is CCOc1ccc(NC(=O)C(=O)NC2CCCCCCCCCCC2)cc1OCC. The van der Waals surface area contributed by atoms with E-state index in [0.29, 0.717) is 30.4 Å². The van der Waals surface area contributed by atoms with Crippen LogP contribution in [0, 0.1) is 0 Å². The fraction of sp³-hybridized carbons (Fsp3) is 0.667. The first-order valence-electron chi connectivity index (χ1n) is 11.7. The third kappa shape index (κ3) is 8.64. The van der Waals surface area contributed by atoms with Gasteiger partial charge < -0.3 is 20.1 Å². The van der Waals surface area contributed by atoms with Gasteiger partial charge in [0.25, 0.3) is 0 Å². The number of rotatable bonds is 6. The minimum Gasteiger partial charge on any atom is -0.490 e. The van der Waals surface area contributed by atoms with Gasteiger partial charge in [-0.1, -0.05) is 57.8 Å². The molecular weight excluding hydrogens is 380 g/mol. The molecule has 0 heterocycles. The van der Waals surface area contributed by atoms with Crippen molar-refractivity contribution in [3.8, 4) is 11.5 Å². The van der Waals surface area contributed by atoms with E-state index >= 15 is 0 Å². The summed E-state index contributed by atoms with van der Waals surface area (Å²) in [7, 11) is 0. The molecule has 0 saturated heterocycles. The molecule has 0 bridgehead atoms. The second-order valence-electron chi connectivity index (χ2n) is 7.91. The van der Waals surface area contributed by atoms with Gasteiger partial charge in [-0.3, -0.25) is 9.59 Å². The number of ether oxygens (including phenoxy) is 2. The van der Waals surface area contributed by atoms with Gasteiger partial charge in [0.15, 0.2) is 11.5 Å². The lowest BCUT2D eigenvalue weighted by molar-refractivity contribution is -0.136. The summed E-state index contributed by atoms with van der Waals surface area (Å²) < 4.78 is 11.1. The molecule has 2 amide bonds. The van der Waals surface area contributed by atoms with Gasteiger partial charge in [-0.05, 0) is 38.8 Å². The van der Waals surface area contributed by atoms with Gasteiger partial charge in [0.1, 0.15) is 0 Å². The molecule has 1 aliphatic rings. The molecule has 2 rings (SSSR count). The fourth-order valence-corrected chi connectivity index (χ4v) is 3.88. The van der Waals surface area contributed by atoms with Crippen LogP contribution in [0.4, 0.5) is 5.69 Å². The van der Waals surface area contributed by atoms with Crippen LogP contribution in [0.3, 0.4) is 0 Å². The van der Waals surface area contributed by atoms with Crippen molar-refractivity contribution in [2.45, 2.75) is 90.5 Å². The Morgan fingerprint density at radius 2 is 1.33 bits per heavy atom. The van der Waals surface area contributed by atoms with Gasteiger partial charge in [-0.2, -0.15) is 0 Å². The third-order valence-electron chi connectivity index (χ3n) is 5.45. The summed E-state index contributed by atoms with van der Waals surface area (Å²) in [5.41, 5.74) is 0.515. The summed E-state index contributed by atoms with van der Waals surface area (Å²) in [5.74, 6) is -0.0430. The van der Waals surface area contributed by atoms with Gasteiger partial charge in [-0.25, -0.2) is 0 Å². The van der Waals surface area contributed by atoms with E-state index in [4.69, 9.17) is 9.47 Å². The maximum absolute atomic E-state index is 12.5. The number of hydrogen-bond donors (Lipinski definition) is 2. The van der Waals surface area contributed by atoms with Crippen molar-refractivity contribution in [1.29, 1.82) is 0 Å². The molecule has 0 radical (unpaired) electrons. The van der Waals surface area contributed by atoms with E-state index in [2.05, 4.69) is 10.6 Å². The molecule has 1 aromatic carbocycles. The average molecular weight is 419 g/mol. The number of carbonyl (C=O) groups is 2. The molecule has 0 aliphatic heterocycles. The normalized spacial score (nSPS) is 16.6. The van der Waals surface area contributed by atoms with Crippen LogP contribution in [-0.4, -0.2) is 31.1 Å². The quantitative estimate of drug-likeness (QED) is 0.622. The van der Waals surface area contributed by atoms with Crippen LogP contribution in [0.25, 0.3) is 0 Å². The Kier molecular flexibility index (Phi) is 11.1. The first-order valence-corrected chi connectivity index (χ1v) is 11.7. The molecule has 6 heteroatoms. The van der Waals surface area contributed by atoms with Crippen molar-refractivity contribution in [3.63, 3.8) is 0 Å². The number of anilines is 1. The van der Waals surface area contributed by atoms with Gasteiger partial charge >= 0.3 is 11.8 Å². The van der Waals surface area contributed by atoms with Crippen molar-refractivity contribution >= 4 is 17.5 Å². The van der Waals surface area contributed by atoms with E-state index in [9.17, 15) is 9.59 Å². The molecule has 0 unspecified atom stereocenters. The Bertz CT molecular complexity index is 651. The summed E-state index contributed by atoms with van der Waals surface area (Å²) >= 11 is 0. The average Bonchev–Trinajstić information content (AvgIpc) is 2.72. The maximum atomic E-state index is 12.5.